The predicted molar refractivity (Wildman–Crippen MR) is 70.2 cm³/mol. The Balaban J connectivity index is 2.62. The maximum Gasteiger partial charge on any atom is 0.316 e. The third kappa shape index (κ3) is 4.32. The number of aryl methyl sites for hydroxylation is 1. The lowest BCUT2D eigenvalue weighted by Crippen LogP contribution is -2.26. The van der Waals surface area contributed by atoms with Crippen LogP contribution in [-0.2, 0) is 20.7 Å². The van der Waals surface area contributed by atoms with Gasteiger partial charge in [-0.05, 0) is 25.3 Å². The molecule has 1 atom stereocenters. The van der Waals surface area contributed by atoms with Crippen LogP contribution in [0.3, 0.4) is 0 Å². The molecule has 0 fully saturated rings. The lowest BCUT2D eigenvalue weighted by Gasteiger charge is -2.13. The highest BCUT2D eigenvalue weighted by molar-refractivity contribution is 5.98. The highest BCUT2D eigenvalue weighted by Gasteiger charge is 2.25. The maximum atomic E-state index is 11.7. The Kier molecular flexibility index (Phi) is 6.12. The van der Waals surface area contributed by atoms with Crippen molar-refractivity contribution >= 4 is 11.8 Å². The van der Waals surface area contributed by atoms with E-state index >= 15 is 0 Å². The van der Waals surface area contributed by atoms with Gasteiger partial charge in [-0.25, -0.2) is 0 Å². The molecule has 1 aromatic rings. The molecule has 98 valence electrons. The summed E-state index contributed by atoms with van der Waals surface area (Å²) in [4.78, 5) is 23.5. The zero-order valence-electron chi connectivity index (χ0n) is 11.0. The van der Waals surface area contributed by atoms with E-state index in [1.54, 1.807) is 13.8 Å². The van der Waals surface area contributed by atoms with E-state index in [2.05, 4.69) is 0 Å². The highest BCUT2D eigenvalue weighted by Crippen LogP contribution is 2.14. The second kappa shape index (κ2) is 7.64. The fraction of sp³-hybridized carbons (Fsp3) is 0.467. The summed E-state index contributed by atoms with van der Waals surface area (Å²) in [6, 6.07) is 9.85. The summed E-state index contributed by atoms with van der Waals surface area (Å²) in [6.07, 6.45) is 1.61. The molecule has 0 aliphatic heterocycles. The summed E-state index contributed by atoms with van der Waals surface area (Å²) in [7, 11) is 0. The van der Waals surface area contributed by atoms with E-state index in [-0.39, 0.29) is 11.8 Å². The van der Waals surface area contributed by atoms with Crippen LogP contribution < -0.4 is 0 Å². The standard InChI is InChI=1S/C15H20O3/c1-3-14(16)13(15(17)18-4-2)11-10-12-8-6-5-7-9-12/h5-9,13H,3-4,10-11H2,1-2H3. The highest BCUT2D eigenvalue weighted by atomic mass is 16.5. The third-order valence-electron chi connectivity index (χ3n) is 2.87. The summed E-state index contributed by atoms with van der Waals surface area (Å²) in [5.41, 5.74) is 1.13. The first-order valence-corrected chi connectivity index (χ1v) is 6.42. The number of ether oxygens (including phenoxy) is 1. The van der Waals surface area contributed by atoms with Crippen LogP contribution in [0.2, 0.25) is 0 Å². The van der Waals surface area contributed by atoms with Gasteiger partial charge in [-0.3, -0.25) is 9.59 Å². The van der Waals surface area contributed by atoms with E-state index in [1.807, 2.05) is 30.3 Å². The zero-order valence-corrected chi connectivity index (χ0v) is 11.0. The Bertz CT molecular complexity index is 384. The number of esters is 1. The molecule has 0 saturated carbocycles. The van der Waals surface area contributed by atoms with Crippen LogP contribution in [0.15, 0.2) is 30.3 Å². The summed E-state index contributed by atoms with van der Waals surface area (Å²) < 4.78 is 4.96. The van der Waals surface area contributed by atoms with E-state index in [4.69, 9.17) is 4.74 Å². The van der Waals surface area contributed by atoms with E-state index in [0.717, 1.165) is 12.0 Å². The predicted octanol–water partition coefficient (Wildman–Crippen LogP) is 2.78. The Morgan fingerprint density at radius 3 is 2.39 bits per heavy atom. The van der Waals surface area contributed by atoms with E-state index < -0.39 is 5.92 Å². The van der Waals surface area contributed by atoms with Crippen LogP contribution >= 0.6 is 0 Å². The maximum absolute atomic E-state index is 11.7. The van der Waals surface area contributed by atoms with Gasteiger partial charge in [0.15, 0.2) is 0 Å². The number of carbonyl (C=O) groups excluding carboxylic acids is 2. The van der Waals surface area contributed by atoms with Gasteiger partial charge in [0, 0.05) is 6.42 Å². The van der Waals surface area contributed by atoms with E-state index in [1.165, 1.54) is 0 Å². The number of hydrogen-bond donors (Lipinski definition) is 0. The van der Waals surface area contributed by atoms with Crippen LogP contribution in [0.1, 0.15) is 32.3 Å². The Morgan fingerprint density at radius 1 is 1.17 bits per heavy atom. The Hall–Kier alpha value is -1.64. The molecule has 3 nitrogen and oxygen atoms in total. The molecular weight excluding hydrogens is 228 g/mol. The molecular formula is C15H20O3. The first-order chi connectivity index (χ1) is 8.69. The van der Waals surface area contributed by atoms with Crippen molar-refractivity contribution in [3.63, 3.8) is 0 Å². The summed E-state index contributed by atoms with van der Waals surface area (Å²) >= 11 is 0. The average Bonchev–Trinajstić information content (AvgIpc) is 2.40. The van der Waals surface area contributed by atoms with Gasteiger partial charge in [0.2, 0.25) is 0 Å². The van der Waals surface area contributed by atoms with E-state index in [9.17, 15) is 9.59 Å². The van der Waals surface area contributed by atoms with Crippen LogP contribution in [-0.4, -0.2) is 18.4 Å². The molecule has 0 radical (unpaired) electrons. The van der Waals surface area contributed by atoms with E-state index in [0.29, 0.717) is 19.4 Å². The first-order valence-electron chi connectivity index (χ1n) is 6.42. The Labute approximate surface area is 108 Å². The minimum Gasteiger partial charge on any atom is -0.465 e. The number of Topliss-reactive ketones (excluding diaryl/α,β-unsaturated/α-hetero) is 1. The third-order valence-corrected chi connectivity index (χ3v) is 2.87. The van der Waals surface area contributed by atoms with Crippen molar-refractivity contribution in [1.82, 2.24) is 0 Å². The molecule has 0 N–H and O–H groups in total. The van der Waals surface area contributed by atoms with Crippen LogP contribution in [0.5, 0.6) is 0 Å². The van der Waals surface area contributed by atoms with Crippen LogP contribution in [0, 0.1) is 5.92 Å². The average molecular weight is 248 g/mol. The molecule has 1 unspecified atom stereocenters. The van der Waals surface area contributed by atoms with Gasteiger partial charge < -0.3 is 4.74 Å². The number of rotatable bonds is 7. The number of benzene rings is 1. The van der Waals surface area contributed by atoms with Gasteiger partial charge in [-0.1, -0.05) is 37.3 Å². The number of ketones is 1. The van der Waals surface area contributed by atoms with Crippen molar-refractivity contribution in [2.45, 2.75) is 33.1 Å². The van der Waals surface area contributed by atoms with Gasteiger partial charge in [-0.2, -0.15) is 0 Å². The van der Waals surface area contributed by atoms with Crippen molar-refractivity contribution in [3.8, 4) is 0 Å². The van der Waals surface area contributed by atoms with Crippen molar-refractivity contribution in [2.75, 3.05) is 6.61 Å². The van der Waals surface area contributed by atoms with Gasteiger partial charge in [-0.15, -0.1) is 0 Å². The normalized spacial score (nSPS) is 11.9. The fourth-order valence-corrected chi connectivity index (χ4v) is 1.86. The molecule has 0 spiro atoms. The lowest BCUT2D eigenvalue weighted by molar-refractivity contribution is -0.151. The molecule has 0 heterocycles. The molecule has 1 aromatic carbocycles. The van der Waals surface area contributed by atoms with Crippen molar-refractivity contribution in [3.05, 3.63) is 35.9 Å². The topological polar surface area (TPSA) is 43.4 Å². The minimum atomic E-state index is -0.616. The molecule has 0 saturated heterocycles. The molecule has 0 bridgehead atoms. The summed E-state index contributed by atoms with van der Waals surface area (Å²) in [5.74, 6) is -1.04. The zero-order chi connectivity index (χ0) is 13.4. The second-order valence-electron chi connectivity index (χ2n) is 4.15. The van der Waals surface area contributed by atoms with Gasteiger partial charge in [0.25, 0.3) is 0 Å². The molecule has 0 aromatic heterocycles. The Morgan fingerprint density at radius 2 is 1.83 bits per heavy atom. The monoisotopic (exact) mass is 248 g/mol. The smallest absolute Gasteiger partial charge is 0.316 e. The van der Waals surface area contributed by atoms with Crippen LogP contribution in [0.25, 0.3) is 0 Å². The SMILES string of the molecule is CCOC(=O)C(CCc1ccccc1)C(=O)CC. The van der Waals surface area contributed by atoms with Crippen molar-refractivity contribution < 1.29 is 14.3 Å². The number of carbonyl (C=O) groups is 2. The molecule has 0 amide bonds. The molecule has 0 aliphatic carbocycles. The molecule has 1 rings (SSSR count). The molecule has 0 aliphatic rings. The van der Waals surface area contributed by atoms with Crippen molar-refractivity contribution in [2.24, 2.45) is 5.92 Å². The van der Waals surface area contributed by atoms with Gasteiger partial charge in [0.1, 0.15) is 11.7 Å². The van der Waals surface area contributed by atoms with Crippen LogP contribution in [0.4, 0.5) is 0 Å². The summed E-state index contributed by atoms with van der Waals surface area (Å²) in [5, 5.41) is 0. The molecule has 3 heteroatoms. The first kappa shape index (κ1) is 14.4. The van der Waals surface area contributed by atoms with Gasteiger partial charge >= 0.3 is 5.97 Å². The lowest BCUT2D eigenvalue weighted by atomic mass is 9.94. The largest absolute Gasteiger partial charge is 0.465 e. The molecule has 18 heavy (non-hydrogen) atoms. The second-order valence-corrected chi connectivity index (χ2v) is 4.15. The van der Waals surface area contributed by atoms with Crippen molar-refractivity contribution in [1.29, 1.82) is 0 Å². The summed E-state index contributed by atoms with van der Waals surface area (Å²) in [6.45, 7) is 3.84. The minimum absolute atomic E-state index is 0.0376. The number of hydrogen-bond acceptors (Lipinski definition) is 3. The fourth-order valence-electron chi connectivity index (χ4n) is 1.86. The van der Waals surface area contributed by atoms with Gasteiger partial charge in [0.05, 0.1) is 6.61 Å². The quantitative estimate of drug-likeness (QED) is 0.550.